The van der Waals surface area contributed by atoms with Gasteiger partial charge in [0.05, 0.1) is 19.2 Å². The predicted octanol–water partition coefficient (Wildman–Crippen LogP) is 4.07. The van der Waals surface area contributed by atoms with Crippen LogP contribution in [0.15, 0.2) is 18.2 Å². The van der Waals surface area contributed by atoms with Crippen LogP contribution >= 0.6 is 0 Å². The molecule has 6 heteroatoms. The van der Waals surface area contributed by atoms with Crippen LogP contribution in [0.5, 0.6) is 11.5 Å². The average molecular weight is 414 g/mol. The maximum Gasteiger partial charge on any atom is 0.163 e. The molecular formula is C24H35N3O3. The third kappa shape index (κ3) is 4.81. The number of nitrogens with zero attached hydrogens (tertiary/aromatic N) is 3. The van der Waals surface area contributed by atoms with E-state index in [2.05, 4.69) is 28.0 Å². The maximum atomic E-state index is 6.16. The van der Waals surface area contributed by atoms with Crippen LogP contribution in [0, 0.1) is 0 Å². The van der Waals surface area contributed by atoms with Gasteiger partial charge in [-0.25, -0.2) is 4.98 Å². The smallest absolute Gasteiger partial charge is 0.163 e. The molecule has 6 nitrogen and oxygen atoms in total. The van der Waals surface area contributed by atoms with Gasteiger partial charge in [-0.05, 0) is 68.8 Å². The van der Waals surface area contributed by atoms with Gasteiger partial charge in [-0.3, -0.25) is 0 Å². The van der Waals surface area contributed by atoms with E-state index in [0.717, 1.165) is 67.2 Å². The van der Waals surface area contributed by atoms with Gasteiger partial charge in [-0.1, -0.05) is 0 Å². The summed E-state index contributed by atoms with van der Waals surface area (Å²) in [6.07, 6.45) is 5.77. The molecule has 2 fully saturated rings. The van der Waals surface area contributed by atoms with Gasteiger partial charge in [0.15, 0.2) is 11.5 Å². The van der Waals surface area contributed by atoms with Crippen molar-refractivity contribution in [3.63, 3.8) is 0 Å². The van der Waals surface area contributed by atoms with Gasteiger partial charge in [0.2, 0.25) is 0 Å². The molecule has 0 aliphatic carbocycles. The standard InChI is InChI=1S/C24H35N3O3/c1-26(2)24-16-19(18-7-13-29-14-8-18)20-15-22(28-3)23(17-21(20)25-24)30-12-6-11-27-9-4-5-10-27/h15-18H,4-14H2,1-3H3. The largest absolute Gasteiger partial charge is 0.493 e. The number of benzene rings is 1. The van der Waals surface area contributed by atoms with E-state index in [1.54, 1.807) is 7.11 Å². The number of methoxy groups -OCH3 is 1. The molecule has 0 radical (unpaired) electrons. The van der Waals surface area contributed by atoms with E-state index in [1.807, 2.05) is 14.1 Å². The molecular weight excluding hydrogens is 378 g/mol. The van der Waals surface area contributed by atoms with Gasteiger partial charge in [-0.15, -0.1) is 0 Å². The second-order valence-corrected chi connectivity index (χ2v) is 8.62. The second kappa shape index (κ2) is 9.84. The highest BCUT2D eigenvalue weighted by molar-refractivity contribution is 5.88. The molecule has 1 aromatic carbocycles. The Bertz CT molecular complexity index is 843. The quantitative estimate of drug-likeness (QED) is 0.608. The number of fused-ring (bicyclic) bond motifs is 1. The van der Waals surface area contributed by atoms with Gasteiger partial charge in [0.1, 0.15) is 5.82 Å². The molecule has 0 atom stereocenters. The highest BCUT2D eigenvalue weighted by Crippen LogP contribution is 2.39. The number of hydrogen-bond acceptors (Lipinski definition) is 6. The fourth-order valence-electron chi connectivity index (χ4n) is 4.57. The fourth-order valence-corrected chi connectivity index (χ4v) is 4.57. The molecule has 0 bridgehead atoms. The number of pyridine rings is 1. The van der Waals surface area contributed by atoms with Crippen LogP contribution < -0.4 is 14.4 Å². The van der Waals surface area contributed by atoms with E-state index in [9.17, 15) is 0 Å². The van der Waals surface area contributed by atoms with E-state index in [1.165, 1.54) is 31.5 Å². The number of ether oxygens (including phenoxy) is 3. The van der Waals surface area contributed by atoms with Crippen molar-refractivity contribution in [1.82, 2.24) is 9.88 Å². The van der Waals surface area contributed by atoms with Gasteiger partial charge >= 0.3 is 0 Å². The first-order valence-electron chi connectivity index (χ1n) is 11.3. The summed E-state index contributed by atoms with van der Waals surface area (Å²) in [5.74, 6) is 3.04. The Kier molecular flexibility index (Phi) is 6.95. The van der Waals surface area contributed by atoms with Crippen molar-refractivity contribution < 1.29 is 14.2 Å². The van der Waals surface area contributed by atoms with Crippen molar-refractivity contribution in [2.45, 2.75) is 38.0 Å². The van der Waals surface area contributed by atoms with Crippen LogP contribution in [0.4, 0.5) is 5.82 Å². The highest BCUT2D eigenvalue weighted by atomic mass is 16.5. The molecule has 2 aliphatic heterocycles. The lowest BCUT2D eigenvalue weighted by atomic mass is 9.89. The zero-order valence-corrected chi connectivity index (χ0v) is 18.7. The topological polar surface area (TPSA) is 47.1 Å². The molecule has 2 saturated heterocycles. The zero-order chi connectivity index (χ0) is 20.9. The zero-order valence-electron chi connectivity index (χ0n) is 18.7. The van der Waals surface area contributed by atoms with Crippen LogP contribution in [0.2, 0.25) is 0 Å². The molecule has 4 rings (SSSR count). The summed E-state index contributed by atoms with van der Waals surface area (Å²) in [7, 11) is 5.80. The summed E-state index contributed by atoms with van der Waals surface area (Å²) in [6.45, 7) is 5.89. The van der Waals surface area contributed by atoms with Crippen molar-refractivity contribution in [1.29, 1.82) is 0 Å². The Morgan fingerprint density at radius 2 is 1.87 bits per heavy atom. The van der Waals surface area contributed by atoms with Crippen molar-refractivity contribution in [3.8, 4) is 11.5 Å². The van der Waals surface area contributed by atoms with Crippen LogP contribution in [-0.2, 0) is 4.74 Å². The lowest BCUT2D eigenvalue weighted by Crippen LogP contribution is -2.22. The summed E-state index contributed by atoms with van der Waals surface area (Å²) < 4.78 is 17.5. The maximum absolute atomic E-state index is 6.16. The first-order chi connectivity index (χ1) is 14.7. The molecule has 1 aromatic heterocycles. The lowest BCUT2D eigenvalue weighted by molar-refractivity contribution is 0.0856. The first-order valence-corrected chi connectivity index (χ1v) is 11.3. The fraction of sp³-hybridized carbons (Fsp3) is 0.625. The third-order valence-electron chi connectivity index (χ3n) is 6.31. The molecule has 2 aromatic rings. The summed E-state index contributed by atoms with van der Waals surface area (Å²) in [4.78, 5) is 9.50. The normalized spacial score (nSPS) is 18.1. The molecule has 30 heavy (non-hydrogen) atoms. The summed E-state index contributed by atoms with van der Waals surface area (Å²) in [5, 5.41) is 1.16. The number of hydrogen-bond donors (Lipinski definition) is 0. The Labute approximate surface area is 180 Å². The molecule has 2 aliphatic rings. The molecule has 0 saturated carbocycles. The van der Waals surface area contributed by atoms with Crippen molar-refractivity contribution in [2.75, 3.05) is 65.6 Å². The lowest BCUT2D eigenvalue weighted by Gasteiger charge is -2.25. The minimum Gasteiger partial charge on any atom is -0.493 e. The van der Waals surface area contributed by atoms with Gasteiger partial charge < -0.3 is 24.0 Å². The van der Waals surface area contributed by atoms with E-state index < -0.39 is 0 Å². The van der Waals surface area contributed by atoms with Crippen LogP contribution in [0.3, 0.4) is 0 Å². The Morgan fingerprint density at radius 3 is 2.57 bits per heavy atom. The monoisotopic (exact) mass is 413 g/mol. The third-order valence-corrected chi connectivity index (χ3v) is 6.31. The minimum absolute atomic E-state index is 0.486. The van der Waals surface area contributed by atoms with Gasteiger partial charge in [0, 0.05) is 45.3 Å². The summed E-state index contributed by atoms with van der Waals surface area (Å²) in [5.41, 5.74) is 2.31. The van der Waals surface area contributed by atoms with Crippen LogP contribution in [0.1, 0.15) is 43.6 Å². The summed E-state index contributed by atoms with van der Waals surface area (Å²) in [6, 6.07) is 6.40. The Morgan fingerprint density at radius 1 is 1.10 bits per heavy atom. The van der Waals surface area contributed by atoms with Crippen molar-refractivity contribution in [3.05, 3.63) is 23.8 Å². The first kappa shape index (κ1) is 21.2. The molecule has 0 unspecified atom stereocenters. The Hall–Kier alpha value is -2.05. The molecule has 0 amide bonds. The number of likely N-dealkylation sites (tertiary alicyclic amines) is 1. The molecule has 0 spiro atoms. The molecule has 164 valence electrons. The van der Waals surface area contributed by atoms with E-state index in [-0.39, 0.29) is 0 Å². The number of aromatic nitrogens is 1. The van der Waals surface area contributed by atoms with E-state index in [4.69, 9.17) is 19.2 Å². The average Bonchev–Trinajstić information content (AvgIpc) is 3.29. The van der Waals surface area contributed by atoms with Crippen LogP contribution in [-0.4, -0.2) is 70.5 Å². The van der Waals surface area contributed by atoms with E-state index in [0.29, 0.717) is 12.5 Å². The minimum atomic E-state index is 0.486. The van der Waals surface area contributed by atoms with Crippen molar-refractivity contribution >= 4 is 16.7 Å². The predicted molar refractivity (Wildman–Crippen MR) is 121 cm³/mol. The van der Waals surface area contributed by atoms with Gasteiger partial charge in [0.25, 0.3) is 0 Å². The number of anilines is 1. The summed E-state index contributed by atoms with van der Waals surface area (Å²) >= 11 is 0. The Balaban J connectivity index is 1.59. The molecule has 3 heterocycles. The van der Waals surface area contributed by atoms with E-state index >= 15 is 0 Å². The van der Waals surface area contributed by atoms with Crippen molar-refractivity contribution in [2.24, 2.45) is 0 Å². The SMILES string of the molecule is COc1cc2c(C3CCOCC3)cc(N(C)C)nc2cc1OCCCN1CCCC1. The number of rotatable bonds is 8. The van der Waals surface area contributed by atoms with Gasteiger partial charge in [-0.2, -0.15) is 0 Å². The second-order valence-electron chi connectivity index (χ2n) is 8.62. The highest BCUT2D eigenvalue weighted by Gasteiger charge is 2.22. The van der Waals surface area contributed by atoms with Crippen LogP contribution in [0.25, 0.3) is 10.9 Å². The molecule has 0 N–H and O–H groups in total.